The first-order chi connectivity index (χ1) is 37.5. The van der Waals surface area contributed by atoms with Crippen LogP contribution in [0, 0.1) is 10.8 Å². The molecule has 8 heteroatoms. The van der Waals surface area contributed by atoms with Gasteiger partial charge in [0.05, 0.1) is 52.9 Å². The van der Waals surface area contributed by atoms with E-state index in [1.54, 1.807) is 0 Å². The van der Waals surface area contributed by atoms with Gasteiger partial charge in [-0.15, -0.1) is 0 Å². The van der Waals surface area contributed by atoms with Gasteiger partial charge in [-0.1, -0.05) is 112 Å². The molecule has 2 aliphatic rings. The molecule has 0 spiro atoms. The zero-order chi connectivity index (χ0) is 51.8. The quantitative estimate of drug-likeness (QED) is 0.0430. The number of anilines is 6. The Balaban J connectivity index is 0.782. The molecule has 0 radical (unpaired) electrons. The molecule has 0 unspecified atom stereocenters. The molecule has 0 aromatic heterocycles. The van der Waals surface area contributed by atoms with E-state index in [1.165, 1.54) is 21.5 Å². The fraction of sp³-hybridized carbons (Fsp3) is 0.353. The summed E-state index contributed by atoms with van der Waals surface area (Å²) < 4.78 is 35.4. The first kappa shape index (κ1) is 52.7. The minimum Gasteiger partial charge on any atom is -0.494 e. The highest BCUT2D eigenvalue weighted by atomic mass is 16.5. The van der Waals surface area contributed by atoms with Crippen LogP contribution in [0.25, 0.3) is 32.7 Å². The molecule has 2 heterocycles. The number of hydrogen-bond donors (Lipinski definition) is 0. The van der Waals surface area contributed by atoms with Crippen molar-refractivity contribution < 1.29 is 28.4 Å². The summed E-state index contributed by atoms with van der Waals surface area (Å²) in [4.78, 5) is 4.66. The number of unbranched alkanes of at least 4 members (excludes halogenated alkanes) is 6. The third-order valence-corrected chi connectivity index (χ3v) is 15.6. The monoisotopic (exact) mass is 1020 g/mol. The SMILES string of the molecule is CCC1(COCCCCCCOc2ccc(N(c3ccc(-c4ccc(N(c5ccc(OCCCCCCOCC6(CC)COC6)cc5)c5ccc6ccccc6c5)cc4)cc3)c3ccc4ccccc4c3)cc2)COC1. The Hall–Kier alpha value is -6.68. The lowest BCUT2D eigenvalue weighted by Crippen LogP contribution is -2.45. The number of rotatable bonds is 29. The number of ether oxygens (including phenoxy) is 6. The maximum Gasteiger partial charge on any atom is 0.119 e. The van der Waals surface area contributed by atoms with E-state index in [0.717, 1.165) is 174 Å². The highest BCUT2D eigenvalue weighted by Gasteiger charge is 2.37. The van der Waals surface area contributed by atoms with Crippen LogP contribution >= 0.6 is 0 Å². The highest BCUT2D eigenvalue weighted by Crippen LogP contribution is 2.41. The molecule has 0 bridgehead atoms. The molecule has 2 saturated heterocycles. The molecule has 0 saturated carbocycles. The average molecular weight is 1020 g/mol. The first-order valence-corrected chi connectivity index (χ1v) is 28.0. The Morgan fingerprint density at radius 2 is 0.684 bits per heavy atom. The third kappa shape index (κ3) is 13.3. The van der Waals surface area contributed by atoms with E-state index in [4.69, 9.17) is 28.4 Å². The Morgan fingerprint density at radius 3 is 1.03 bits per heavy atom. The molecule has 0 N–H and O–H groups in total. The number of nitrogens with zero attached hydrogens (tertiary/aromatic N) is 2. The van der Waals surface area contributed by atoms with Gasteiger partial charge in [0, 0.05) is 58.2 Å². The van der Waals surface area contributed by atoms with Gasteiger partial charge in [-0.3, -0.25) is 0 Å². The number of fused-ring (bicyclic) bond motifs is 2. The Labute approximate surface area is 451 Å². The summed E-state index contributed by atoms with van der Waals surface area (Å²) >= 11 is 0. The van der Waals surface area contributed by atoms with Crippen molar-refractivity contribution in [3.8, 4) is 22.6 Å². The minimum atomic E-state index is 0.258. The zero-order valence-corrected chi connectivity index (χ0v) is 44.8. The Bertz CT molecular complexity index is 2820. The summed E-state index contributed by atoms with van der Waals surface area (Å²) in [6.07, 6.45) is 11.0. The van der Waals surface area contributed by atoms with Gasteiger partial charge in [-0.2, -0.15) is 0 Å². The Kier molecular flexibility index (Phi) is 18.0. The van der Waals surface area contributed by atoms with Crippen LogP contribution in [0.5, 0.6) is 11.5 Å². The van der Waals surface area contributed by atoms with E-state index >= 15 is 0 Å². The van der Waals surface area contributed by atoms with Crippen molar-refractivity contribution in [3.63, 3.8) is 0 Å². The van der Waals surface area contributed by atoms with E-state index < -0.39 is 0 Å². The molecule has 394 valence electrons. The zero-order valence-electron chi connectivity index (χ0n) is 44.8. The van der Waals surface area contributed by atoms with Gasteiger partial charge in [-0.25, -0.2) is 0 Å². The summed E-state index contributed by atoms with van der Waals surface area (Å²) in [6.45, 7) is 12.5. The van der Waals surface area contributed by atoms with Crippen LogP contribution in [0.2, 0.25) is 0 Å². The third-order valence-electron chi connectivity index (χ3n) is 15.6. The first-order valence-electron chi connectivity index (χ1n) is 28.0. The Morgan fingerprint density at radius 1 is 0.355 bits per heavy atom. The van der Waals surface area contributed by atoms with Crippen LogP contribution in [0.4, 0.5) is 34.1 Å². The second-order valence-corrected chi connectivity index (χ2v) is 21.1. The molecule has 0 amide bonds. The fourth-order valence-corrected chi connectivity index (χ4v) is 10.4. The summed E-state index contributed by atoms with van der Waals surface area (Å²) in [6, 6.07) is 65.4. The van der Waals surface area contributed by atoms with Crippen LogP contribution < -0.4 is 19.3 Å². The summed E-state index contributed by atoms with van der Waals surface area (Å²) in [5.74, 6) is 1.77. The lowest BCUT2D eigenvalue weighted by Gasteiger charge is -2.40. The van der Waals surface area contributed by atoms with E-state index in [-0.39, 0.29) is 10.8 Å². The lowest BCUT2D eigenvalue weighted by molar-refractivity contribution is -0.150. The van der Waals surface area contributed by atoms with E-state index in [2.05, 4.69) is 206 Å². The van der Waals surface area contributed by atoms with Crippen molar-refractivity contribution in [1.82, 2.24) is 0 Å². The van der Waals surface area contributed by atoms with Crippen molar-refractivity contribution in [2.24, 2.45) is 10.8 Å². The van der Waals surface area contributed by atoms with Crippen LogP contribution in [-0.4, -0.2) is 66.1 Å². The molecule has 0 atom stereocenters. The standard InChI is InChI=1S/C68H76N2O6/c1-3-67(49-73-50-67)47-71-41-13-5-7-15-43-75-65-37-33-61(34-38-65)69(63-31-25-53-17-9-11-19-57(53)45-63)59-27-21-55(22-28-59)56-23-29-60(30-24-56)70(64-32-26-54-18-10-12-20-58(54)46-64)62-35-39-66(40-36-62)76-44-16-8-6-14-42-72-48-68(4-2)51-74-52-68/h9-12,17-40,45-46H,3-8,13-16,41-44,47-52H2,1-2H3. The van der Waals surface area contributed by atoms with Gasteiger partial charge in [0.25, 0.3) is 0 Å². The summed E-state index contributed by atoms with van der Waals surface area (Å²) in [5, 5.41) is 4.84. The number of hydrogen-bond acceptors (Lipinski definition) is 8. The molecule has 0 aliphatic carbocycles. The van der Waals surface area contributed by atoms with Crippen molar-refractivity contribution >= 4 is 55.7 Å². The van der Waals surface area contributed by atoms with Crippen LogP contribution in [0.1, 0.15) is 78.1 Å². The van der Waals surface area contributed by atoms with E-state index in [9.17, 15) is 0 Å². The molecule has 8 aromatic rings. The molecular formula is C68H76N2O6. The van der Waals surface area contributed by atoms with E-state index in [1.807, 2.05) is 0 Å². The summed E-state index contributed by atoms with van der Waals surface area (Å²) in [5.41, 5.74) is 9.30. The van der Waals surface area contributed by atoms with Gasteiger partial charge in [0.2, 0.25) is 0 Å². The van der Waals surface area contributed by atoms with Gasteiger partial charge < -0.3 is 38.2 Å². The van der Waals surface area contributed by atoms with Gasteiger partial charge in [0.1, 0.15) is 11.5 Å². The smallest absolute Gasteiger partial charge is 0.119 e. The average Bonchev–Trinajstić information content (AvgIpc) is 3.46. The van der Waals surface area contributed by atoms with Gasteiger partial charge in [-0.05, 0) is 181 Å². The lowest BCUT2D eigenvalue weighted by atomic mass is 9.84. The van der Waals surface area contributed by atoms with Crippen molar-refractivity contribution in [3.05, 3.63) is 182 Å². The minimum absolute atomic E-state index is 0.258. The van der Waals surface area contributed by atoms with Crippen LogP contribution in [0.15, 0.2) is 182 Å². The molecule has 10 rings (SSSR count). The number of benzene rings is 8. The molecule has 76 heavy (non-hydrogen) atoms. The van der Waals surface area contributed by atoms with Crippen molar-refractivity contribution in [1.29, 1.82) is 0 Å². The normalized spacial score (nSPS) is 14.5. The maximum atomic E-state index is 6.24. The second kappa shape index (κ2) is 25.9. The second-order valence-electron chi connectivity index (χ2n) is 21.1. The fourth-order valence-electron chi connectivity index (χ4n) is 10.4. The van der Waals surface area contributed by atoms with Gasteiger partial charge in [0.15, 0.2) is 0 Å². The van der Waals surface area contributed by atoms with Crippen LogP contribution in [-0.2, 0) is 18.9 Å². The predicted molar refractivity (Wildman–Crippen MR) is 313 cm³/mol. The molecule has 8 nitrogen and oxygen atoms in total. The van der Waals surface area contributed by atoms with E-state index in [0.29, 0.717) is 13.2 Å². The predicted octanol–water partition coefficient (Wildman–Crippen LogP) is 17.4. The maximum absolute atomic E-state index is 6.24. The molecule has 2 fully saturated rings. The van der Waals surface area contributed by atoms with Crippen molar-refractivity contribution in [2.45, 2.75) is 78.1 Å². The largest absolute Gasteiger partial charge is 0.494 e. The summed E-state index contributed by atoms with van der Waals surface area (Å²) in [7, 11) is 0. The van der Waals surface area contributed by atoms with Crippen LogP contribution in [0.3, 0.4) is 0 Å². The van der Waals surface area contributed by atoms with Crippen molar-refractivity contribution in [2.75, 3.05) is 75.9 Å². The molecule has 8 aromatic carbocycles. The molecular weight excluding hydrogens is 941 g/mol. The highest BCUT2D eigenvalue weighted by molar-refractivity contribution is 5.91. The molecule has 2 aliphatic heterocycles. The van der Waals surface area contributed by atoms with Gasteiger partial charge >= 0.3 is 0 Å². The topological polar surface area (TPSA) is 61.9 Å².